The number of carbonyl (C=O) groups excluding carboxylic acids is 1. The lowest BCUT2D eigenvalue weighted by atomic mass is 9.90. The maximum absolute atomic E-state index is 12.6. The van der Waals surface area contributed by atoms with E-state index in [1.807, 2.05) is 51.8 Å². The molecule has 0 radical (unpaired) electrons. The summed E-state index contributed by atoms with van der Waals surface area (Å²) < 4.78 is 5.59. The third kappa shape index (κ3) is 16.0. The average Bonchev–Trinajstić information content (AvgIpc) is 2.94. The Labute approximate surface area is 275 Å². The molecule has 0 aromatic heterocycles. The second-order valence-corrected chi connectivity index (χ2v) is 12.8. The molecule has 0 spiro atoms. The zero-order valence-electron chi connectivity index (χ0n) is 30.7. The summed E-state index contributed by atoms with van der Waals surface area (Å²) in [5, 5.41) is 8.94. The van der Waals surface area contributed by atoms with Gasteiger partial charge in [-0.3, -0.25) is 4.99 Å². The molecule has 1 amide bonds. The summed E-state index contributed by atoms with van der Waals surface area (Å²) in [6, 6.07) is 0.0788. The van der Waals surface area contributed by atoms with Crippen LogP contribution in [-0.2, 0) is 9.53 Å². The number of hydrogen-bond donors (Lipinski definition) is 1. The van der Waals surface area contributed by atoms with Crippen molar-refractivity contribution in [3.05, 3.63) is 70.6 Å². The first-order chi connectivity index (χ1) is 21.0. The third-order valence-corrected chi connectivity index (χ3v) is 7.23. The summed E-state index contributed by atoms with van der Waals surface area (Å²) in [5.74, 6) is -0.466. The summed E-state index contributed by atoms with van der Waals surface area (Å²) >= 11 is 0. The molecule has 1 fully saturated rings. The monoisotopic (exact) mass is 625 g/mol. The lowest BCUT2D eigenvalue weighted by Crippen LogP contribution is -2.54. The van der Waals surface area contributed by atoms with Crippen LogP contribution in [-0.4, -0.2) is 64.0 Å². The number of carboxylic acids is 1. The van der Waals surface area contributed by atoms with E-state index in [1.54, 1.807) is 18.2 Å². The number of aliphatic imine (C=N–C) groups is 1. The fraction of sp³-hybridized carbons (Fsp3) is 0.605. The first-order valence-electron chi connectivity index (χ1n) is 16.6. The number of aliphatic carboxylic acids is 1. The predicted octanol–water partition coefficient (Wildman–Crippen LogP) is 9.90. The third-order valence-electron chi connectivity index (χ3n) is 7.23. The average molecular weight is 626 g/mol. The van der Waals surface area contributed by atoms with Crippen molar-refractivity contribution < 1.29 is 19.4 Å². The van der Waals surface area contributed by atoms with E-state index in [0.717, 1.165) is 50.1 Å². The standard InChI is InChI=1S/C25H43N3O2.C13H20O2/c1-11-13-14-26-20(6)23(22(12-2)18(3)4)21(7)27-15-16-28(19(5)17-27)24(29)30-25(8,9)10;1-4-6-7-9-12(13(14)15)10-11(3)8-5-2/h12-14,18-19H,11,15-17H2,1-10H3;6-7,9-10H,4-5,8H2,1-3H3,(H,14,15)/b14-13+,22-12-,23-21-,26-20+;7-6+,11-10+,12-9+. The first kappa shape index (κ1) is 41.7. The van der Waals surface area contributed by atoms with Gasteiger partial charge >= 0.3 is 12.1 Å². The van der Waals surface area contributed by atoms with Gasteiger partial charge in [0.2, 0.25) is 0 Å². The highest BCUT2D eigenvalue weighted by molar-refractivity contribution is 6.03. The Bertz CT molecular complexity index is 1160. The number of piperazine rings is 1. The van der Waals surface area contributed by atoms with E-state index in [4.69, 9.17) is 14.8 Å². The highest BCUT2D eigenvalue weighted by Crippen LogP contribution is 2.28. The van der Waals surface area contributed by atoms with Gasteiger partial charge in [-0.25, -0.2) is 9.59 Å². The maximum Gasteiger partial charge on any atom is 0.410 e. The van der Waals surface area contributed by atoms with E-state index >= 15 is 0 Å². The van der Waals surface area contributed by atoms with Gasteiger partial charge in [-0.05, 0) is 98.3 Å². The molecule has 1 rings (SSSR count). The molecule has 1 unspecified atom stereocenters. The van der Waals surface area contributed by atoms with Gasteiger partial charge in [-0.2, -0.15) is 0 Å². The van der Waals surface area contributed by atoms with Gasteiger partial charge in [0.15, 0.2) is 0 Å². The summed E-state index contributed by atoms with van der Waals surface area (Å²) in [7, 11) is 0. The predicted molar refractivity (Wildman–Crippen MR) is 192 cm³/mol. The van der Waals surface area contributed by atoms with Crippen molar-refractivity contribution in [3.8, 4) is 0 Å². The fourth-order valence-corrected chi connectivity index (χ4v) is 5.01. The number of rotatable bonds is 12. The van der Waals surface area contributed by atoms with Crippen LogP contribution in [0, 0.1) is 5.92 Å². The number of nitrogens with zero attached hydrogens (tertiary/aromatic N) is 3. The van der Waals surface area contributed by atoms with Gasteiger partial charge in [0.25, 0.3) is 0 Å². The quantitative estimate of drug-likeness (QED) is 0.133. The molecule has 45 heavy (non-hydrogen) atoms. The molecular formula is C38H63N3O4. The van der Waals surface area contributed by atoms with Gasteiger partial charge < -0.3 is 19.6 Å². The molecule has 0 aromatic rings. The molecule has 1 heterocycles. The molecule has 254 valence electrons. The molecule has 0 bridgehead atoms. The van der Waals surface area contributed by atoms with E-state index in [9.17, 15) is 9.59 Å². The number of amides is 1. The van der Waals surface area contributed by atoms with E-state index in [-0.39, 0.29) is 12.1 Å². The molecule has 0 aliphatic carbocycles. The van der Waals surface area contributed by atoms with Crippen LogP contribution in [0.2, 0.25) is 0 Å². The van der Waals surface area contributed by atoms with Crippen molar-refractivity contribution in [3.63, 3.8) is 0 Å². The van der Waals surface area contributed by atoms with Crippen molar-refractivity contribution in [1.82, 2.24) is 9.80 Å². The first-order valence-corrected chi connectivity index (χ1v) is 16.6. The number of ether oxygens (including phenoxy) is 1. The highest BCUT2D eigenvalue weighted by atomic mass is 16.6. The second-order valence-electron chi connectivity index (χ2n) is 12.8. The van der Waals surface area contributed by atoms with Crippen LogP contribution >= 0.6 is 0 Å². The lowest BCUT2D eigenvalue weighted by molar-refractivity contribution is -0.132. The van der Waals surface area contributed by atoms with E-state index in [2.05, 4.69) is 72.4 Å². The summed E-state index contributed by atoms with van der Waals surface area (Å²) in [4.78, 5) is 32.4. The normalized spacial score (nSPS) is 18.0. The van der Waals surface area contributed by atoms with Gasteiger partial charge in [-0.1, -0.05) is 70.9 Å². The minimum Gasteiger partial charge on any atom is -0.478 e. The zero-order valence-corrected chi connectivity index (χ0v) is 30.7. The van der Waals surface area contributed by atoms with Crippen LogP contribution in [0.25, 0.3) is 0 Å². The minimum absolute atomic E-state index is 0.0788. The van der Waals surface area contributed by atoms with Crippen LogP contribution < -0.4 is 0 Å². The zero-order chi connectivity index (χ0) is 34.7. The van der Waals surface area contributed by atoms with E-state index in [0.29, 0.717) is 18.0 Å². The largest absolute Gasteiger partial charge is 0.478 e. The molecular weight excluding hydrogens is 562 g/mol. The van der Waals surface area contributed by atoms with Crippen LogP contribution in [0.5, 0.6) is 0 Å². The topological polar surface area (TPSA) is 82.4 Å². The number of hydrogen-bond acceptors (Lipinski definition) is 5. The van der Waals surface area contributed by atoms with Gasteiger partial charge in [-0.15, -0.1) is 0 Å². The van der Waals surface area contributed by atoms with Crippen LogP contribution in [0.1, 0.15) is 116 Å². The Kier molecular flexibility index (Phi) is 19.8. The van der Waals surface area contributed by atoms with Crippen molar-refractivity contribution in [2.45, 2.75) is 127 Å². The molecule has 1 aliphatic heterocycles. The van der Waals surface area contributed by atoms with Crippen LogP contribution in [0.3, 0.4) is 0 Å². The molecule has 7 nitrogen and oxygen atoms in total. The van der Waals surface area contributed by atoms with Gasteiger partial charge in [0, 0.05) is 48.9 Å². The molecule has 0 aromatic carbocycles. The van der Waals surface area contributed by atoms with Crippen molar-refractivity contribution in [2.75, 3.05) is 19.6 Å². The Morgan fingerprint density at radius 1 is 1.04 bits per heavy atom. The second kappa shape index (κ2) is 21.4. The van der Waals surface area contributed by atoms with Crippen LogP contribution in [0.4, 0.5) is 4.79 Å². The highest BCUT2D eigenvalue weighted by Gasteiger charge is 2.32. The summed E-state index contributed by atoms with van der Waals surface area (Å²) in [6.07, 6.45) is 16.9. The van der Waals surface area contributed by atoms with E-state index < -0.39 is 11.6 Å². The Morgan fingerprint density at radius 3 is 2.13 bits per heavy atom. The molecule has 1 atom stereocenters. The van der Waals surface area contributed by atoms with Crippen molar-refractivity contribution in [2.24, 2.45) is 10.9 Å². The van der Waals surface area contributed by atoms with E-state index in [1.165, 1.54) is 16.8 Å². The smallest absolute Gasteiger partial charge is 0.410 e. The SMILES string of the molecule is CC/C=C/C=C(\C=C(/C)CCC)C(=O)O.C\C=C(C(/C(C)=N/C=C/CC)=C(/C)N1CCN(C(=O)OC(C)(C)C)C(C)C1)\C(C)C. The maximum atomic E-state index is 12.6. The number of carboxylic acid groups (broad SMARTS) is 1. The van der Waals surface area contributed by atoms with Gasteiger partial charge in [0.05, 0.1) is 5.57 Å². The molecule has 0 saturated carbocycles. The number of carbonyl (C=O) groups is 2. The number of allylic oxidation sites excluding steroid dienone is 9. The molecule has 7 heteroatoms. The van der Waals surface area contributed by atoms with Crippen molar-refractivity contribution >= 4 is 17.8 Å². The Balaban J connectivity index is 0.00000109. The Morgan fingerprint density at radius 2 is 1.67 bits per heavy atom. The molecule has 1 aliphatic rings. The van der Waals surface area contributed by atoms with Crippen molar-refractivity contribution in [1.29, 1.82) is 0 Å². The fourth-order valence-electron chi connectivity index (χ4n) is 5.01. The van der Waals surface area contributed by atoms with Gasteiger partial charge in [0.1, 0.15) is 5.60 Å². The Hall–Kier alpha value is -3.35. The van der Waals surface area contributed by atoms with Crippen LogP contribution in [0.15, 0.2) is 75.6 Å². The lowest BCUT2D eigenvalue weighted by Gasteiger charge is -2.42. The summed E-state index contributed by atoms with van der Waals surface area (Å²) in [6.45, 7) is 29.0. The molecule has 1 N–H and O–H groups in total. The minimum atomic E-state index is -0.869. The summed E-state index contributed by atoms with van der Waals surface area (Å²) in [5.41, 5.74) is 5.75. The molecule has 1 saturated heterocycles.